The minimum Gasteiger partial charge on any atom is -0.433 e. The highest BCUT2D eigenvalue weighted by molar-refractivity contribution is 6.07. The van der Waals surface area contributed by atoms with E-state index >= 15 is 0 Å². The summed E-state index contributed by atoms with van der Waals surface area (Å²) >= 11 is 0. The van der Waals surface area contributed by atoms with Crippen molar-refractivity contribution in [1.82, 2.24) is 9.88 Å². The number of anilines is 2. The van der Waals surface area contributed by atoms with Gasteiger partial charge >= 0.3 is 6.18 Å². The van der Waals surface area contributed by atoms with E-state index < -0.39 is 52.2 Å². The fourth-order valence-corrected chi connectivity index (χ4v) is 4.11. The van der Waals surface area contributed by atoms with Crippen molar-refractivity contribution in [3.63, 3.8) is 0 Å². The number of rotatable bonds is 2. The number of halogens is 5. The minimum atomic E-state index is -4.66. The lowest BCUT2D eigenvalue weighted by Gasteiger charge is -2.36. The molecule has 7 nitrogen and oxygen atoms in total. The van der Waals surface area contributed by atoms with E-state index in [4.69, 9.17) is 4.74 Å². The van der Waals surface area contributed by atoms with E-state index in [1.54, 1.807) is 4.90 Å². The van der Waals surface area contributed by atoms with Crippen molar-refractivity contribution in [2.75, 3.05) is 36.4 Å². The Morgan fingerprint density at radius 3 is 2.36 bits per heavy atom. The highest BCUT2D eigenvalue weighted by Crippen LogP contribution is 2.39. The number of benzene rings is 2. The van der Waals surface area contributed by atoms with Gasteiger partial charge in [-0.25, -0.2) is 8.78 Å². The van der Waals surface area contributed by atoms with Crippen LogP contribution in [0.5, 0.6) is 11.6 Å². The summed E-state index contributed by atoms with van der Waals surface area (Å²) in [4.78, 5) is 32.7. The molecule has 1 N–H and O–H groups in total. The van der Waals surface area contributed by atoms with Crippen molar-refractivity contribution in [2.45, 2.75) is 6.18 Å². The number of nitrogens with zero attached hydrogens (tertiary/aromatic N) is 3. The van der Waals surface area contributed by atoms with Gasteiger partial charge in [0.05, 0.1) is 11.1 Å². The third-order valence-electron chi connectivity index (χ3n) is 5.94. The maximum absolute atomic E-state index is 14.3. The lowest BCUT2D eigenvalue weighted by Crippen LogP contribution is -2.49. The number of ether oxygens (including phenoxy) is 1. The SMILES string of the molecule is O=C1Nc2c(F)ccc(F)c2Oc2nc(N3CCN(C(=O)c4ccccc4C(F)(F)F)CC3)ccc21. The zero-order valence-corrected chi connectivity index (χ0v) is 18.4. The molecular weight excluding hydrogens is 487 g/mol. The van der Waals surface area contributed by atoms with Crippen molar-refractivity contribution in [2.24, 2.45) is 0 Å². The molecule has 2 amide bonds. The van der Waals surface area contributed by atoms with Gasteiger partial charge in [0.25, 0.3) is 11.8 Å². The molecule has 0 radical (unpaired) electrons. The number of carbonyl (C=O) groups excluding carboxylic acids is 2. The molecule has 3 heterocycles. The molecule has 2 aromatic carbocycles. The zero-order chi connectivity index (χ0) is 25.6. The summed E-state index contributed by atoms with van der Waals surface area (Å²) in [5.74, 6) is -3.63. The molecule has 5 rings (SSSR count). The first-order chi connectivity index (χ1) is 17.1. The number of hydrogen-bond acceptors (Lipinski definition) is 5. The summed E-state index contributed by atoms with van der Waals surface area (Å²) in [6, 6.07) is 9.25. The number of alkyl halides is 3. The van der Waals surface area contributed by atoms with E-state index in [2.05, 4.69) is 10.3 Å². The predicted molar refractivity (Wildman–Crippen MR) is 118 cm³/mol. The lowest BCUT2D eigenvalue weighted by molar-refractivity contribution is -0.138. The quantitative estimate of drug-likeness (QED) is 0.513. The number of piperazine rings is 1. The van der Waals surface area contributed by atoms with Crippen LogP contribution in [0.3, 0.4) is 0 Å². The van der Waals surface area contributed by atoms with Crippen molar-refractivity contribution in [1.29, 1.82) is 0 Å². The Balaban J connectivity index is 1.35. The molecule has 2 aliphatic rings. The van der Waals surface area contributed by atoms with Crippen LogP contribution >= 0.6 is 0 Å². The van der Waals surface area contributed by atoms with Gasteiger partial charge in [0.2, 0.25) is 5.88 Å². The maximum Gasteiger partial charge on any atom is 0.417 e. The molecule has 0 saturated carbocycles. The summed E-state index contributed by atoms with van der Waals surface area (Å²) < 4.78 is 73.8. The third kappa shape index (κ3) is 4.18. The second-order valence-electron chi connectivity index (χ2n) is 8.13. The fraction of sp³-hybridized carbons (Fsp3) is 0.208. The molecule has 0 aliphatic carbocycles. The molecule has 1 fully saturated rings. The summed E-state index contributed by atoms with van der Waals surface area (Å²) in [5, 5.41) is 2.28. The Bertz CT molecular complexity index is 1370. The van der Waals surface area contributed by atoms with E-state index in [0.717, 1.165) is 24.3 Å². The fourth-order valence-electron chi connectivity index (χ4n) is 4.11. The predicted octanol–water partition coefficient (Wildman–Crippen LogP) is 4.70. The molecule has 1 saturated heterocycles. The van der Waals surface area contributed by atoms with Gasteiger partial charge in [-0.15, -0.1) is 0 Å². The molecule has 3 aromatic rings. The minimum absolute atomic E-state index is 0.0358. The van der Waals surface area contributed by atoms with E-state index in [-0.39, 0.29) is 37.6 Å². The average molecular weight is 504 g/mol. The van der Waals surface area contributed by atoms with Crippen LogP contribution in [0, 0.1) is 11.6 Å². The highest BCUT2D eigenvalue weighted by Gasteiger charge is 2.36. The molecule has 12 heteroatoms. The first-order valence-electron chi connectivity index (χ1n) is 10.8. The van der Waals surface area contributed by atoms with Gasteiger partial charge in [0.15, 0.2) is 17.4 Å². The Hall–Kier alpha value is -4.22. The number of carbonyl (C=O) groups is 2. The Morgan fingerprint density at radius 2 is 1.64 bits per heavy atom. The molecule has 0 atom stereocenters. The monoisotopic (exact) mass is 504 g/mol. The van der Waals surface area contributed by atoms with E-state index in [0.29, 0.717) is 5.82 Å². The van der Waals surface area contributed by atoms with Gasteiger partial charge in [-0.05, 0) is 36.4 Å². The molecule has 0 bridgehead atoms. The van der Waals surface area contributed by atoms with Gasteiger partial charge in [0, 0.05) is 26.2 Å². The second-order valence-corrected chi connectivity index (χ2v) is 8.13. The number of pyridine rings is 1. The van der Waals surface area contributed by atoms with Gasteiger partial charge in [-0.2, -0.15) is 18.2 Å². The second kappa shape index (κ2) is 8.77. The summed E-state index contributed by atoms with van der Waals surface area (Å²) in [6.07, 6.45) is -4.66. The Kier molecular flexibility index (Phi) is 5.73. The van der Waals surface area contributed by atoms with Gasteiger partial charge in [0.1, 0.15) is 17.1 Å². The van der Waals surface area contributed by atoms with Crippen LogP contribution in [0.2, 0.25) is 0 Å². The van der Waals surface area contributed by atoms with Crippen LogP contribution in [-0.2, 0) is 6.18 Å². The topological polar surface area (TPSA) is 74.8 Å². The van der Waals surface area contributed by atoms with E-state index in [9.17, 15) is 31.5 Å². The van der Waals surface area contributed by atoms with Crippen molar-refractivity contribution in [3.05, 3.63) is 76.9 Å². The largest absolute Gasteiger partial charge is 0.433 e. The number of hydrogen-bond donors (Lipinski definition) is 1. The van der Waals surface area contributed by atoms with Crippen LogP contribution in [-0.4, -0.2) is 47.9 Å². The normalized spacial score (nSPS) is 15.4. The Labute approximate surface area is 201 Å². The number of fused-ring (bicyclic) bond motifs is 2. The number of nitrogens with one attached hydrogen (secondary N) is 1. The van der Waals surface area contributed by atoms with Crippen LogP contribution in [0.25, 0.3) is 0 Å². The molecule has 0 unspecified atom stereocenters. The zero-order valence-electron chi connectivity index (χ0n) is 18.4. The summed E-state index contributed by atoms with van der Waals surface area (Å²) in [7, 11) is 0. The maximum atomic E-state index is 14.3. The molecule has 36 heavy (non-hydrogen) atoms. The van der Waals surface area contributed by atoms with Gasteiger partial charge in [-0.1, -0.05) is 12.1 Å². The van der Waals surface area contributed by atoms with Gasteiger partial charge in [-0.3, -0.25) is 9.59 Å². The molecule has 1 aromatic heterocycles. The van der Waals surface area contributed by atoms with Crippen molar-refractivity contribution in [3.8, 4) is 11.6 Å². The van der Waals surface area contributed by atoms with Crippen molar-refractivity contribution < 1.29 is 36.3 Å². The van der Waals surface area contributed by atoms with Crippen LogP contribution in [0.15, 0.2) is 48.5 Å². The average Bonchev–Trinajstić information content (AvgIpc) is 3.02. The number of aromatic nitrogens is 1. The third-order valence-corrected chi connectivity index (χ3v) is 5.94. The van der Waals surface area contributed by atoms with Crippen LogP contribution in [0.1, 0.15) is 26.3 Å². The van der Waals surface area contributed by atoms with E-state index in [1.807, 2.05) is 0 Å². The van der Waals surface area contributed by atoms with Gasteiger partial charge < -0.3 is 19.9 Å². The standard InChI is InChI=1S/C24H17F5N4O3/c25-16-6-7-17(26)20-19(16)31-21(34)14-5-8-18(30-22(14)36-20)32-9-11-33(12-10-32)23(35)13-3-1-2-4-15(13)24(27,28)29/h1-8H,9-12H2,(H,31,34). The molecule has 0 spiro atoms. The van der Waals surface area contributed by atoms with E-state index in [1.165, 1.54) is 29.2 Å². The highest BCUT2D eigenvalue weighted by atomic mass is 19.4. The summed E-state index contributed by atoms with van der Waals surface area (Å²) in [6.45, 7) is 0.705. The first-order valence-corrected chi connectivity index (χ1v) is 10.8. The van der Waals surface area contributed by atoms with Crippen LogP contribution in [0.4, 0.5) is 33.5 Å². The Morgan fingerprint density at radius 1 is 0.944 bits per heavy atom. The lowest BCUT2D eigenvalue weighted by atomic mass is 10.1. The summed E-state index contributed by atoms with van der Waals surface area (Å²) in [5.41, 5.74) is -1.89. The molecule has 2 aliphatic heterocycles. The molecule has 186 valence electrons. The van der Waals surface area contributed by atoms with Crippen molar-refractivity contribution >= 4 is 23.3 Å². The van der Waals surface area contributed by atoms with Crippen LogP contribution < -0.4 is 15.0 Å². The molecular formula is C24H17F5N4O3. The first kappa shape index (κ1) is 23.5. The smallest absolute Gasteiger partial charge is 0.417 e. The number of amides is 2.